The van der Waals surface area contributed by atoms with Crippen molar-refractivity contribution >= 4 is 5.91 Å². The first-order chi connectivity index (χ1) is 28.2. The van der Waals surface area contributed by atoms with Crippen molar-refractivity contribution < 1.29 is 15.0 Å². The van der Waals surface area contributed by atoms with E-state index in [0.717, 1.165) is 96.3 Å². The number of rotatable bonds is 40. The van der Waals surface area contributed by atoms with E-state index in [2.05, 4.69) is 129 Å². The number of allylic oxidation sites excluding steroid dienone is 19. The van der Waals surface area contributed by atoms with Gasteiger partial charge in [0.15, 0.2) is 0 Å². The van der Waals surface area contributed by atoms with Gasteiger partial charge in [-0.3, -0.25) is 4.79 Å². The zero-order valence-electron chi connectivity index (χ0n) is 36.8. The summed E-state index contributed by atoms with van der Waals surface area (Å²) in [7, 11) is 0. The summed E-state index contributed by atoms with van der Waals surface area (Å²) >= 11 is 0. The molecule has 322 valence electrons. The molecule has 0 fully saturated rings. The third-order valence-corrected chi connectivity index (χ3v) is 9.70. The number of nitrogens with one attached hydrogen (secondary N) is 1. The van der Waals surface area contributed by atoms with Gasteiger partial charge in [-0.05, 0) is 89.9 Å². The van der Waals surface area contributed by atoms with Gasteiger partial charge in [0.1, 0.15) is 0 Å². The molecule has 0 saturated carbocycles. The van der Waals surface area contributed by atoms with Gasteiger partial charge in [0.2, 0.25) is 5.91 Å². The highest BCUT2D eigenvalue weighted by Gasteiger charge is 2.17. The quantitative estimate of drug-likeness (QED) is 0.0428. The monoisotopic (exact) mass is 786 g/mol. The third kappa shape index (κ3) is 43.8. The van der Waals surface area contributed by atoms with E-state index < -0.39 is 12.1 Å². The smallest absolute Gasteiger partial charge is 0.220 e. The molecule has 57 heavy (non-hydrogen) atoms. The fraction of sp³-hybridized carbons (Fsp3) is 0.604. The zero-order chi connectivity index (χ0) is 41.4. The maximum Gasteiger partial charge on any atom is 0.220 e. The molecule has 0 heterocycles. The lowest BCUT2D eigenvalue weighted by Gasteiger charge is -2.20. The topological polar surface area (TPSA) is 69.6 Å². The molecule has 4 nitrogen and oxygen atoms in total. The molecule has 0 spiro atoms. The number of aliphatic hydroxyl groups is 2. The minimum absolute atomic E-state index is 0.0902. The summed E-state index contributed by atoms with van der Waals surface area (Å²) in [6.07, 6.45) is 73.1. The van der Waals surface area contributed by atoms with E-state index >= 15 is 0 Å². The lowest BCUT2D eigenvalue weighted by Crippen LogP contribution is -2.45. The Morgan fingerprint density at radius 2 is 0.772 bits per heavy atom. The number of carbonyl (C=O) groups excluding carboxylic acids is 1. The van der Waals surface area contributed by atoms with Crippen molar-refractivity contribution in [3.05, 3.63) is 122 Å². The second-order valence-electron chi connectivity index (χ2n) is 15.1. The van der Waals surface area contributed by atoms with Gasteiger partial charge >= 0.3 is 0 Å². The van der Waals surface area contributed by atoms with Crippen LogP contribution in [0.1, 0.15) is 187 Å². The molecule has 0 radical (unpaired) electrons. The van der Waals surface area contributed by atoms with Crippen LogP contribution in [0.15, 0.2) is 122 Å². The summed E-state index contributed by atoms with van der Waals surface area (Å²) in [6.45, 7) is 4.16. The van der Waals surface area contributed by atoms with E-state index in [9.17, 15) is 15.0 Å². The summed E-state index contributed by atoms with van der Waals surface area (Å²) in [6, 6.07) is -0.640. The van der Waals surface area contributed by atoms with Gasteiger partial charge in [-0.25, -0.2) is 0 Å². The molecule has 0 aromatic carbocycles. The molecule has 3 N–H and O–H groups in total. The lowest BCUT2D eigenvalue weighted by molar-refractivity contribution is -0.123. The van der Waals surface area contributed by atoms with E-state index in [0.29, 0.717) is 6.42 Å². The van der Waals surface area contributed by atoms with Crippen molar-refractivity contribution in [3.63, 3.8) is 0 Å². The van der Waals surface area contributed by atoms with Crippen LogP contribution >= 0.6 is 0 Å². The van der Waals surface area contributed by atoms with Crippen molar-refractivity contribution in [1.29, 1.82) is 0 Å². The summed E-state index contributed by atoms with van der Waals surface area (Å²) in [5, 5.41) is 23.0. The van der Waals surface area contributed by atoms with E-state index in [4.69, 9.17) is 0 Å². The van der Waals surface area contributed by atoms with E-state index in [1.54, 1.807) is 6.08 Å². The number of unbranched alkanes of at least 4 members (excludes halogenated alkanes) is 15. The second-order valence-corrected chi connectivity index (χ2v) is 15.1. The van der Waals surface area contributed by atoms with Crippen LogP contribution in [-0.2, 0) is 4.79 Å². The van der Waals surface area contributed by atoms with Crippen LogP contribution in [0.25, 0.3) is 0 Å². The normalized spacial score (nSPS) is 14.1. The van der Waals surface area contributed by atoms with Gasteiger partial charge < -0.3 is 15.5 Å². The second kappa shape index (κ2) is 47.2. The molecule has 4 heteroatoms. The first-order valence-electron chi connectivity index (χ1n) is 23.2. The number of aliphatic hydroxyl groups excluding tert-OH is 2. The van der Waals surface area contributed by atoms with Crippen LogP contribution in [0.4, 0.5) is 0 Å². The average molecular weight is 786 g/mol. The fourth-order valence-electron chi connectivity index (χ4n) is 6.17. The number of hydrogen-bond acceptors (Lipinski definition) is 3. The number of amides is 1. The molecule has 0 aliphatic carbocycles. The predicted molar refractivity (Wildman–Crippen MR) is 252 cm³/mol. The molecule has 0 rings (SSSR count). The standard InChI is InChI=1S/C53H87NO3/c1-3-5-7-9-11-13-15-17-18-19-20-21-22-23-24-25-26-27-28-29-30-31-32-33-34-35-36-37-39-41-43-45-47-49-53(57)54-51(50-55)52(56)48-46-44-42-40-38-16-14-12-10-8-6-4-2/h5,7,11,13,17-18,20-21,23-24,26-27,29-30,32-33,35-36,46,48,51-52,55-56H,3-4,6,8-10,12,14-16,19,22,25,28,31,34,37-45,47,49-50H2,1-2H3,(H,54,57)/b7-5-,13-11-,18-17-,21-20-,24-23-,27-26-,30-29-,33-32-,36-35-,48-46+. The lowest BCUT2D eigenvalue weighted by atomic mass is 10.1. The Bertz CT molecular complexity index is 1160. The maximum atomic E-state index is 12.4. The van der Waals surface area contributed by atoms with Crippen molar-refractivity contribution in [1.82, 2.24) is 5.32 Å². The van der Waals surface area contributed by atoms with Gasteiger partial charge in [-0.15, -0.1) is 0 Å². The van der Waals surface area contributed by atoms with Gasteiger partial charge in [0.25, 0.3) is 0 Å². The third-order valence-electron chi connectivity index (χ3n) is 9.70. The molecule has 0 aliphatic heterocycles. The Morgan fingerprint density at radius 1 is 0.439 bits per heavy atom. The molecule has 1 amide bonds. The number of carbonyl (C=O) groups is 1. The number of hydrogen-bond donors (Lipinski definition) is 3. The summed E-state index contributed by atoms with van der Waals surface area (Å²) in [5.74, 6) is -0.0902. The van der Waals surface area contributed by atoms with Crippen molar-refractivity contribution in [2.24, 2.45) is 0 Å². The van der Waals surface area contributed by atoms with Crippen molar-refractivity contribution in [2.75, 3.05) is 6.61 Å². The molecule has 2 atom stereocenters. The minimum Gasteiger partial charge on any atom is -0.394 e. The van der Waals surface area contributed by atoms with Crippen LogP contribution in [-0.4, -0.2) is 34.9 Å². The van der Waals surface area contributed by atoms with Crippen LogP contribution < -0.4 is 5.32 Å². The van der Waals surface area contributed by atoms with Crippen LogP contribution in [0.2, 0.25) is 0 Å². The minimum atomic E-state index is -0.855. The zero-order valence-corrected chi connectivity index (χ0v) is 36.8. The highest BCUT2D eigenvalue weighted by molar-refractivity contribution is 5.76. The first kappa shape index (κ1) is 53.8. The Morgan fingerprint density at radius 3 is 1.16 bits per heavy atom. The van der Waals surface area contributed by atoms with Crippen LogP contribution in [0.3, 0.4) is 0 Å². The van der Waals surface area contributed by atoms with Gasteiger partial charge in [-0.1, -0.05) is 212 Å². The maximum absolute atomic E-state index is 12.4. The van der Waals surface area contributed by atoms with Gasteiger partial charge in [-0.2, -0.15) is 0 Å². The molecule has 2 unspecified atom stereocenters. The highest BCUT2D eigenvalue weighted by Crippen LogP contribution is 2.12. The van der Waals surface area contributed by atoms with Crippen molar-refractivity contribution in [2.45, 2.75) is 199 Å². The summed E-state index contributed by atoms with van der Waals surface area (Å²) < 4.78 is 0. The van der Waals surface area contributed by atoms with Crippen molar-refractivity contribution in [3.8, 4) is 0 Å². The fourth-order valence-corrected chi connectivity index (χ4v) is 6.17. The SMILES string of the molecule is CC/C=C\C/C=C\C/C=C\C/C=C\C/C=C\C/C=C\C/C=C\C/C=C\C/C=C\CCCCCCCC(=O)NC(CO)C(O)/C=C/CCCCCCCCCCCC. The average Bonchev–Trinajstić information content (AvgIpc) is 3.22. The predicted octanol–water partition coefficient (Wildman–Crippen LogP) is 15.0. The molecule has 0 aromatic rings. The Kier molecular flexibility index (Phi) is 44.5. The molecule has 0 aliphatic rings. The summed E-state index contributed by atoms with van der Waals surface area (Å²) in [4.78, 5) is 12.4. The largest absolute Gasteiger partial charge is 0.394 e. The van der Waals surface area contributed by atoms with Gasteiger partial charge in [0.05, 0.1) is 18.8 Å². The highest BCUT2D eigenvalue weighted by atomic mass is 16.3. The Hall–Kier alpha value is -3.21. The van der Waals surface area contributed by atoms with Gasteiger partial charge in [0, 0.05) is 6.42 Å². The molecule has 0 aromatic heterocycles. The molecule has 0 saturated heterocycles. The summed E-state index contributed by atoms with van der Waals surface area (Å²) in [5.41, 5.74) is 0. The van der Waals surface area contributed by atoms with E-state index in [-0.39, 0.29) is 12.5 Å². The Balaban J connectivity index is 3.70. The molecular weight excluding hydrogens is 699 g/mol. The van der Waals surface area contributed by atoms with E-state index in [1.165, 1.54) is 70.6 Å². The molecule has 0 bridgehead atoms. The van der Waals surface area contributed by atoms with E-state index in [1.807, 2.05) is 6.08 Å². The van der Waals surface area contributed by atoms with Crippen LogP contribution in [0, 0.1) is 0 Å². The molecular formula is C53H87NO3. The first-order valence-corrected chi connectivity index (χ1v) is 23.2. The Labute approximate surface area is 352 Å². The van der Waals surface area contributed by atoms with Crippen LogP contribution in [0.5, 0.6) is 0 Å².